The molecule has 1 aromatic carbocycles. The SMILES string of the molecule is CCOC(=O)c1cnc2c(N(C)Cc3ccccc3)cc(-c3cn([C@@H]4CCOC[C@H]4OC)c4ncccc34)nn12. The van der Waals surface area contributed by atoms with Crippen LogP contribution >= 0.6 is 0 Å². The van der Waals surface area contributed by atoms with Crippen molar-refractivity contribution < 1.29 is 19.0 Å². The Hall–Kier alpha value is -4.28. The Balaban J connectivity index is 1.53. The lowest BCUT2D eigenvalue weighted by atomic mass is 10.1. The number of nitrogens with zero attached hydrogens (tertiary/aromatic N) is 6. The number of aromatic nitrogens is 5. The summed E-state index contributed by atoms with van der Waals surface area (Å²) >= 11 is 0. The molecule has 40 heavy (non-hydrogen) atoms. The Morgan fingerprint density at radius 3 is 2.80 bits per heavy atom. The first-order valence-electron chi connectivity index (χ1n) is 13.5. The van der Waals surface area contributed by atoms with Crippen molar-refractivity contribution in [1.29, 1.82) is 0 Å². The van der Waals surface area contributed by atoms with Crippen molar-refractivity contribution >= 4 is 28.3 Å². The molecule has 5 heterocycles. The number of ether oxygens (including phenoxy) is 3. The molecule has 10 heteroatoms. The number of carbonyl (C=O) groups excluding carboxylic acids is 1. The quantitative estimate of drug-likeness (QED) is 0.265. The third-order valence-corrected chi connectivity index (χ3v) is 7.40. The topological polar surface area (TPSA) is 96.0 Å². The van der Waals surface area contributed by atoms with Crippen LogP contribution in [0.4, 0.5) is 5.69 Å². The van der Waals surface area contributed by atoms with Crippen LogP contribution in [0.5, 0.6) is 0 Å². The van der Waals surface area contributed by atoms with Gasteiger partial charge >= 0.3 is 5.97 Å². The van der Waals surface area contributed by atoms with E-state index in [1.165, 1.54) is 6.20 Å². The summed E-state index contributed by atoms with van der Waals surface area (Å²) < 4.78 is 20.6. The van der Waals surface area contributed by atoms with E-state index in [1.807, 2.05) is 37.4 Å². The fourth-order valence-corrected chi connectivity index (χ4v) is 5.43. The Kier molecular flexibility index (Phi) is 7.19. The molecule has 0 spiro atoms. The van der Waals surface area contributed by atoms with Gasteiger partial charge in [0.25, 0.3) is 0 Å². The minimum atomic E-state index is -0.467. The van der Waals surface area contributed by atoms with Gasteiger partial charge in [-0.05, 0) is 37.1 Å². The molecule has 0 bridgehead atoms. The molecule has 6 rings (SSSR count). The van der Waals surface area contributed by atoms with E-state index >= 15 is 0 Å². The summed E-state index contributed by atoms with van der Waals surface area (Å²) in [4.78, 5) is 24.3. The van der Waals surface area contributed by atoms with Gasteiger partial charge in [-0.3, -0.25) is 0 Å². The number of hydrogen-bond donors (Lipinski definition) is 0. The number of hydrogen-bond acceptors (Lipinski definition) is 8. The highest BCUT2D eigenvalue weighted by atomic mass is 16.5. The summed E-state index contributed by atoms with van der Waals surface area (Å²) in [6, 6.07) is 16.3. The van der Waals surface area contributed by atoms with Gasteiger partial charge in [-0.1, -0.05) is 30.3 Å². The molecule has 0 radical (unpaired) electrons. The zero-order valence-electron chi connectivity index (χ0n) is 22.9. The van der Waals surface area contributed by atoms with Crippen molar-refractivity contribution in [2.75, 3.05) is 38.9 Å². The van der Waals surface area contributed by atoms with Crippen LogP contribution in [0.3, 0.4) is 0 Å². The lowest BCUT2D eigenvalue weighted by Crippen LogP contribution is -2.35. The highest BCUT2D eigenvalue weighted by Gasteiger charge is 2.30. The molecule has 2 atom stereocenters. The molecule has 5 aromatic rings. The van der Waals surface area contributed by atoms with Gasteiger partial charge in [0.05, 0.1) is 36.8 Å². The van der Waals surface area contributed by atoms with Gasteiger partial charge < -0.3 is 23.7 Å². The zero-order chi connectivity index (χ0) is 27.6. The minimum Gasteiger partial charge on any atom is -0.461 e. The van der Waals surface area contributed by atoms with Crippen molar-refractivity contribution in [2.24, 2.45) is 0 Å². The van der Waals surface area contributed by atoms with Crippen molar-refractivity contribution in [1.82, 2.24) is 24.1 Å². The van der Waals surface area contributed by atoms with Crippen LogP contribution in [0.2, 0.25) is 0 Å². The number of imidazole rings is 1. The van der Waals surface area contributed by atoms with E-state index in [-0.39, 0.29) is 24.4 Å². The third kappa shape index (κ3) is 4.69. The molecular formula is C30H32N6O4. The van der Waals surface area contributed by atoms with Crippen LogP contribution in [0.15, 0.2) is 67.1 Å². The average Bonchev–Trinajstić information content (AvgIpc) is 3.59. The second kappa shape index (κ2) is 11.1. The summed E-state index contributed by atoms with van der Waals surface area (Å²) in [5, 5.41) is 5.90. The maximum absolute atomic E-state index is 12.9. The zero-order valence-corrected chi connectivity index (χ0v) is 22.9. The second-order valence-electron chi connectivity index (χ2n) is 9.89. The fourth-order valence-electron chi connectivity index (χ4n) is 5.43. The molecule has 10 nitrogen and oxygen atoms in total. The van der Waals surface area contributed by atoms with Crippen LogP contribution in [-0.4, -0.2) is 70.2 Å². The number of benzene rings is 1. The van der Waals surface area contributed by atoms with Gasteiger partial charge in [0.15, 0.2) is 11.3 Å². The molecule has 0 aliphatic carbocycles. The largest absolute Gasteiger partial charge is 0.461 e. The lowest BCUT2D eigenvalue weighted by molar-refractivity contribution is -0.0592. The molecule has 0 N–H and O–H groups in total. The number of methoxy groups -OCH3 is 1. The molecule has 1 saturated heterocycles. The standard InChI is InChI=1S/C30H32N6O4/c1-4-40-30(37)26-16-32-29-25(34(2)17-20-9-6-5-7-10-20)15-23(33-36(26)29)22-18-35(28-21(22)11-8-13-31-28)24-12-14-39-19-27(24)38-3/h5-11,13,15-16,18,24,27H,4,12,14,17,19H2,1-3H3/t24-,27-/m1/s1. The van der Waals surface area contributed by atoms with E-state index in [4.69, 9.17) is 24.3 Å². The minimum absolute atomic E-state index is 0.0668. The number of rotatable bonds is 8. The first-order valence-corrected chi connectivity index (χ1v) is 13.5. The molecule has 4 aromatic heterocycles. The average molecular weight is 541 g/mol. The first kappa shape index (κ1) is 26.0. The number of carbonyl (C=O) groups is 1. The molecule has 206 valence electrons. The van der Waals surface area contributed by atoms with Gasteiger partial charge in [-0.25, -0.2) is 19.3 Å². The smallest absolute Gasteiger partial charge is 0.358 e. The molecule has 1 fully saturated rings. The fraction of sp³-hybridized carbons (Fsp3) is 0.333. The third-order valence-electron chi connectivity index (χ3n) is 7.40. The van der Waals surface area contributed by atoms with Crippen molar-refractivity contribution in [3.8, 4) is 11.3 Å². The van der Waals surface area contributed by atoms with Crippen LogP contribution < -0.4 is 4.90 Å². The van der Waals surface area contributed by atoms with Gasteiger partial charge in [0.2, 0.25) is 0 Å². The molecule has 0 amide bonds. The Labute approximate surface area is 232 Å². The number of fused-ring (bicyclic) bond motifs is 2. The van der Waals surface area contributed by atoms with Crippen molar-refractivity contribution in [3.63, 3.8) is 0 Å². The van der Waals surface area contributed by atoms with Crippen molar-refractivity contribution in [3.05, 3.63) is 78.4 Å². The van der Waals surface area contributed by atoms with E-state index in [1.54, 1.807) is 24.7 Å². The Bertz CT molecular complexity index is 1650. The van der Waals surface area contributed by atoms with Gasteiger partial charge in [-0.15, -0.1) is 0 Å². The number of esters is 1. The summed E-state index contributed by atoms with van der Waals surface area (Å²) in [5.41, 5.74) is 5.31. The van der Waals surface area contributed by atoms with Crippen LogP contribution in [0.1, 0.15) is 35.4 Å². The highest BCUT2D eigenvalue weighted by molar-refractivity contribution is 5.95. The van der Waals surface area contributed by atoms with Crippen LogP contribution in [-0.2, 0) is 20.8 Å². The number of anilines is 1. The normalized spacial score (nSPS) is 17.4. The summed E-state index contributed by atoms with van der Waals surface area (Å²) in [5.74, 6) is -0.467. The Morgan fingerprint density at radius 2 is 2.00 bits per heavy atom. The summed E-state index contributed by atoms with van der Waals surface area (Å²) in [6.07, 6.45) is 6.14. The van der Waals surface area contributed by atoms with E-state index in [0.29, 0.717) is 31.1 Å². The maximum Gasteiger partial charge on any atom is 0.358 e. The molecule has 1 aliphatic rings. The van der Waals surface area contributed by atoms with E-state index < -0.39 is 5.97 Å². The van der Waals surface area contributed by atoms with Crippen LogP contribution in [0, 0.1) is 0 Å². The summed E-state index contributed by atoms with van der Waals surface area (Å²) in [7, 11) is 3.73. The maximum atomic E-state index is 12.9. The first-order chi connectivity index (χ1) is 19.6. The molecule has 1 aliphatic heterocycles. The van der Waals surface area contributed by atoms with Gasteiger partial charge in [0, 0.05) is 50.7 Å². The predicted octanol–water partition coefficient (Wildman–Crippen LogP) is 4.54. The number of pyridine rings is 1. The van der Waals surface area contributed by atoms with Crippen LogP contribution in [0.25, 0.3) is 27.9 Å². The van der Waals surface area contributed by atoms with Crippen molar-refractivity contribution in [2.45, 2.75) is 32.0 Å². The molecule has 0 saturated carbocycles. The summed E-state index contributed by atoms with van der Waals surface area (Å²) in [6.45, 7) is 3.88. The lowest BCUT2D eigenvalue weighted by Gasteiger charge is -2.31. The van der Waals surface area contributed by atoms with E-state index in [0.717, 1.165) is 34.3 Å². The highest BCUT2D eigenvalue weighted by Crippen LogP contribution is 2.36. The second-order valence-corrected chi connectivity index (χ2v) is 9.89. The van der Waals surface area contributed by atoms with E-state index in [9.17, 15) is 4.79 Å². The molecule has 0 unspecified atom stereocenters. The Morgan fingerprint density at radius 1 is 1.15 bits per heavy atom. The van der Waals surface area contributed by atoms with Gasteiger partial charge in [-0.2, -0.15) is 5.10 Å². The monoisotopic (exact) mass is 540 g/mol. The predicted molar refractivity (Wildman–Crippen MR) is 151 cm³/mol. The van der Waals surface area contributed by atoms with E-state index in [2.05, 4.69) is 38.8 Å². The van der Waals surface area contributed by atoms with Gasteiger partial charge in [0.1, 0.15) is 11.8 Å². The molecular weight excluding hydrogens is 508 g/mol.